The first kappa shape index (κ1) is 43.4. The minimum absolute atomic E-state index is 0.115. The first-order valence-electron chi connectivity index (χ1n) is 19.6. The van der Waals surface area contributed by atoms with Crippen LogP contribution in [-0.4, -0.2) is 139 Å². The van der Waals surface area contributed by atoms with Crippen LogP contribution in [0.25, 0.3) is 11.4 Å². The maximum absolute atomic E-state index is 16.6. The Morgan fingerprint density at radius 2 is 1.84 bits per heavy atom. The lowest BCUT2D eigenvalue weighted by Crippen LogP contribution is -2.61. The minimum atomic E-state index is -3.11. The van der Waals surface area contributed by atoms with Crippen LogP contribution in [0.2, 0.25) is 0 Å². The molecule has 0 radical (unpaired) electrons. The predicted molar refractivity (Wildman–Crippen MR) is 199 cm³/mol. The van der Waals surface area contributed by atoms with E-state index in [-0.39, 0.29) is 18.4 Å². The molecule has 0 aromatic carbocycles. The van der Waals surface area contributed by atoms with Crippen LogP contribution in [0.1, 0.15) is 87.0 Å². The average molecular weight is 791 g/mol. The highest BCUT2D eigenvalue weighted by atomic mass is 19.1. The number of aromatic nitrogens is 5. The van der Waals surface area contributed by atoms with Crippen molar-refractivity contribution in [3.63, 3.8) is 0 Å². The number of cyclic esters (lactones) is 1. The minimum Gasteiger partial charge on any atom is -0.455 e. The number of halogens is 1. The molecule has 3 aliphatic rings. The first-order valence-corrected chi connectivity index (χ1v) is 19.6. The maximum atomic E-state index is 16.6. The number of nitrogens with two attached hydrogens (primary N) is 1. The van der Waals surface area contributed by atoms with E-state index in [4.69, 9.17) is 29.4 Å². The smallest absolute Gasteiger partial charge is 0.410 e. The molecule has 0 saturated carbocycles. The summed E-state index contributed by atoms with van der Waals surface area (Å²) in [6, 6.07) is 1.87. The number of ether oxygens (including phenoxy) is 5. The highest BCUT2D eigenvalue weighted by Crippen LogP contribution is 2.40. The fourth-order valence-corrected chi connectivity index (χ4v) is 8.20. The molecule has 2 aromatic rings. The van der Waals surface area contributed by atoms with E-state index >= 15 is 4.39 Å². The Kier molecular flexibility index (Phi) is 13.8. The lowest BCUT2D eigenvalue weighted by molar-refractivity contribution is -0.282. The van der Waals surface area contributed by atoms with E-state index in [0.717, 1.165) is 6.92 Å². The Hall–Kier alpha value is -3.68. The number of aryl methyl sites for hydroxylation is 1. The molecule has 1 amide bonds. The van der Waals surface area contributed by atoms with Gasteiger partial charge in [0.15, 0.2) is 17.7 Å². The van der Waals surface area contributed by atoms with Gasteiger partial charge in [0.25, 0.3) is 5.67 Å². The zero-order valence-corrected chi connectivity index (χ0v) is 33.7. The number of nitrogens with one attached hydrogen (secondary N) is 1. The molecule has 3 saturated heterocycles. The quantitative estimate of drug-likeness (QED) is 0.179. The van der Waals surface area contributed by atoms with Crippen LogP contribution in [0.3, 0.4) is 0 Å². The van der Waals surface area contributed by atoms with E-state index in [1.807, 2.05) is 13.8 Å². The SMILES string of the molecule is CC[C@H]1OC(=O)C(C)(F)C(=O)C[C@@H](O[C@@H]2O[C@H](C)CC(N)C2O)[C@](C)(OC)C[C@@H](C)CN[C@H](C)[C@H]2N(CCCCn3cc(-c4cccnn4)nn3)C(=O)O[C@]12C. The molecule has 3 aliphatic heterocycles. The number of esters is 1. The topological polar surface area (TPSA) is 215 Å². The Balaban J connectivity index is 1.38. The van der Waals surface area contributed by atoms with Crippen molar-refractivity contribution in [1.82, 2.24) is 35.4 Å². The number of aliphatic hydroxyl groups excluding tert-OH is 1. The Morgan fingerprint density at radius 3 is 2.52 bits per heavy atom. The molecule has 0 aliphatic carbocycles. The second-order valence-corrected chi connectivity index (χ2v) is 16.2. The van der Waals surface area contributed by atoms with Gasteiger partial charge in [0.2, 0.25) is 0 Å². The molecule has 18 heteroatoms. The Bertz CT molecular complexity index is 1650. The summed E-state index contributed by atoms with van der Waals surface area (Å²) in [7, 11) is 1.46. The van der Waals surface area contributed by atoms with Gasteiger partial charge in [0.05, 0.1) is 30.0 Å². The van der Waals surface area contributed by atoms with Gasteiger partial charge in [-0.05, 0) is 91.3 Å². The lowest BCUT2D eigenvalue weighted by Gasteiger charge is -2.43. The molecular weight excluding hydrogens is 731 g/mol. The van der Waals surface area contributed by atoms with Gasteiger partial charge in [-0.25, -0.2) is 14.0 Å². The fraction of sp³-hybridized carbons (Fsp3) is 0.763. The molecular formula is C38H59FN8O9. The van der Waals surface area contributed by atoms with Gasteiger partial charge < -0.3 is 39.8 Å². The van der Waals surface area contributed by atoms with Crippen molar-refractivity contribution in [2.24, 2.45) is 11.7 Å². The molecule has 17 nitrogen and oxygen atoms in total. The van der Waals surface area contributed by atoms with Crippen LogP contribution in [0.4, 0.5) is 9.18 Å². The fourth-order valence-electron chi connectivity index (χ4n) is 8.20. The molecule has 2 aromatic heterocycles. The highest BCUT2D eigenvalue weighted by Gasteiger charge is 2.59. The lowest BCUT2D eigenvalue weighted by atomic mass is 9.83. The van der Waals surface area contributed by atoms with Crippen LogP contribution >= 0.6 is 0 Å². The number of rotatable bonds is 10. The number of aliphatic hydroxyl groups is 1. The van der Waals surface area contributed by atoms with Gasteiger partial charge >= 0.3 is 12.1 Å². The molecule has 12 atom stereocenters. The third-order valence-electron chi connectivity index (χ3n) is 11.6. The zero-order valence-electron chi connectivity index (χ0n) is 33.7. The molecule has 5 rings (SSSR count). The molecule has 312 valence electrons. The molecule has 3 fully saturated rings. The van der Waals surface area contributed by atoms with Gasteiger partial charge in [-0.2, -0.15) is 5.10 Å². The summed E-state index contributed by atoms with van der Waals surface area (Å²) < 4.78 is 48.3. The first-order chi connectivity index (χ1) is 26.4. The molecule has 0 spiro atoms. The summed E-state index contributed by atoms with van der Waals surface area (Å²) in [5.41, 5.74) is 1.62. The number of fused-ring (bicyclic) bond motifs is 1. The van der Waals surface area contributed by atoms with Crippen LogP contribution in [-0.2, 0) is 39.8 Å². The van der Waals surface area contributed by atoms with E-state index in [1.54, 1.807) is 61.8 Å². The summed E-state index contributed by atoms with van der Waals surface area (Å²) in [6.07, 6.45) is -0.788. The number of hydrogen-bond acceptors (Lipinski definition) is 15. The van der Waals surface area contributed by atoms with E-state index < -0.39 is 83.9 Å². The summed E-state index contributed by atoms with van der Waals surface area (Å²) in [4.78, 5) is 42.9. The largest absolute Gasteiger partial charge is 0.455 e. The van der Waals surface area contributed by atoms with Gasteiger partial charge in [0.1, 0.15) is 23.6 Å². The second kappa shape index (κ2) is 17.9. The van der Waals surface area contributed by atoms with Crippen molar-refractivity contribution in [1.29, 1.82) is 0 Å². The number of ketones is 1. The van der Waals surface area contributed by atoms with Crippen molar-refractivity contribution >= 4 is 17.8 Å². The highest BCUT2D eigenvalue weighted by molar-refractivity contribution is 6.07. The van der Waals surface area contributed by atoms with Crippen molar-refractivity contribution in [2.75, 3.05) is 20.2 Å². The second-order valence-electron chi connectivity index (χ2n) is 16.2. The number of methoxy groups -OCH3 is 1. The number of carbonyl (C=O) groups is 3. The van der Waals surface area contributed by atoms with Gasteiger partial charge in [0, 0.05) is 44.9 Å². The summed E-state index contributed by atoms with van der Waals surface area (Å²) >= 11 is 0. The number of hydrogen-bond donors (Lipinski definition) is 3. The van der Waals surface area contributed by atoms with E-state index in [0.29, 0.717) is 56.7 Å². The molecule has 56 heavy (non-hydrogen) atoms. The molecule has 3 unspecified atom stereocenters. The van der Waals surface area contributed by atoms with Crippen LogP contribution in [0.15, 0.2) is 24.5 Å². The molecule has 4 N–H and O–H groups in total. The van der Waals surface area contributed by atoms with Gasteiger partial charge in [-0.15, -0.1) is 10.2 Å². The summed E-state index contributed by atoms with van der Waals surface area (Å²) in [5, 5.41) is 30.8. The predicted octanol–water partition coefficient (Wildman–Crippen LogP) is 2.74. The van der Waals surface area contributed by atoms with E-state index in [1.165, 1.54) is 7.11 Å². The summed E-state index contributed by atoms with van der Waals surface area (Å²) in [5.74, 6) is -2.63. The Labute approximate surface area is 327 Å². The maximum Gasteiger partial charge on any atom is 0.410 e. The normalized spacial score (nSPS) is 37.7. The third-order valence-corrected chi connectivity index (χ3v) is 11.6. The van der Waals surface area contributed by atoms with Crippen molar-refractivity contribution in [2.45, 2.75) is 159 Å². The summed E-state index contributed by atoms with van der Waals surface area (Å²) in [6.45, 7) is 13.0. The number of amides is 1. The monoisotopic (exact) mass is 790 g/mol. The van der Waals surface area contributed by atoms with E-state index in [9.17, 15) is 19.5 Å². The number of nitrogens with zero attached hydrogens (tertiary/aromatic N) is 6. The number of alkyl halides is 1. The van der Waals surface area contributed by atoms with Crippen molar-refractivity contribution in [3.8, 4) is 11.4 Å². The molecule has 0 bridgehead atoms. The van der Waals surface area contributed by atoms with Crippen molar-refractivity contribution < 1.29 is 47.6 Å². The van der Waals surface area contributed by atoms with Crippen molar-refractivity contribution in [3.05, 3.63) is 24.5 Å². The van der Waals surface area contributed by atoms with Crippen LogP contribution in [0.5, 0.6) is 0 Å². The number of carbonyl (C=O) groups excluding carboxylic acids is 3. The third kappa shape index (κ3) is 9.37. The van der Waals surface area contributed by atoms with Gasteiger partial charge in [-0.1, -0.05) is 19.1 Å². The van der Waals surface area contributed by atoms with Gasteiger partial charge in [-0.3, -0.25) is 14.4 Å². The van der Waals surface area contributed by atoms with E-state index in [2.05, 4.69) is 25.8 Å². The standard InChI is InChI=1S/C38H59FN8O9/c1-9-29-38(7)32(47(35(51)56-38)16-11-10-15-46-21-27(44-45-46)26-13-12-14-42-43-26)24(4)41-20-22(2)19-36(5,52-8)30(18-28(48)37(6,39)34(50)55-29)54-33-31(49)25(40)17-23(3)53-33/h12-14,21-25,29-33,41,49H,9-11,15-20,40H2,1-8H3/t22-,23-,24-,25?,29-,30-,31?,32-,33+,36-,37?,38-/m1/s1. The number of Topliss-reactive ketones (excluding diaryl/α,β-unsaturated/α-hetero) is 1. The van der Waals surface area contributed by atoms with Crippen LogP contribution in [0, 0.1) is 5.92 Å². The van der Waals surface area contributed by atoms with Crippen LogP contribution < -0.4 is 11.1 Å². The molecule has 5 heterocycles. The Morgan fingerprint density at radius 1 is 1.11 bits per heavy atom. The average Bonchev–Trinajstić information content (AvgIpc) is 3.74. The zero-order chi connectivity index (χ0) is 41.0. The number of unbranched alkanes of at least 4 members (excludes halogenated alkanes) is 1.